The lowest BCUT2D eigenvalue weighted by molar-refractivity contribution is -0.239. The third-order valence-corrected chi connectivity index (χ3v) is 11.0. The second kappa shape index (κ2) is 37.0. The average Bonchev–Trinajstić information content (AvgIpc) is 2.09. The fourth-order valence-corrected chi connectivity index (χ4v) is 7.39. The Morgan fingerprint density at radius 3 is 0.966 bits per heavy atom. The van der Waals surface area contributed by atoms with Crippen molar-refractivity contribution in [3.05, 3.63) is 48.5 Å². The first-order chi connectivity index (χ1) is 42.2. The van der Waals surface area contributed by atoms with E-state index in [0.29, 0.717) is 75.6 Å². The van der Waals surface area contributed by atoms with E-state index in [2.05, 4.69) is 9.47 Å². The number of hydrogen-bond acceptors (Lipinski definition) is 29. The van der Waals surface area contributed by atoms with E-state index in [0.717, 1.165) is 0 Å². The zero-order valence-electron chi connectivity index (χ0n) is 52.1. The van der Waals surface area contributed by atoms with Crippen LogP contribution in [-0.4, -0.2) is 182 Å². The van der Waals surface area contributed by atoms with Gasteiger partial charge in [-0.15, -0.1) is 0 Å². The van der Waals surface area contributed by atoms with Crippen molar-refractivity contribution in [1.82, 2.24) is 0 Å². The summed E-state index contributed by atoms with van der Waals surface area (Å²) in [4.78, 5) is 89.5. The average molecular weight is 1290 g/mol. The summed E-state index contributed by atoms with van der Waals surface area (Å²) in [5, 5.41) is 7.95. The highest BCUT2D eigenvalue weighted by molar-refractivity contribution is 6.63. The molecule has 4 aromatic rings. The molecule has 0 amide bonds. The molecule has 0 unspecified atom stereocenters. The second-order valence-electron chi connectivity index (χ2n) is 17.7. The minimum absolute atomic E-state index is 0.177. The van der Waals surface area contributed by atoms with Crippen molar-refractivity contribution in [2.45, 2.75) is 52.6 Å². The molecular weight excluding hydrogens is 1210 g/mol. The van der Waals surface area contributed by atoms with Crippen molar-refractivity contribution in [1.29, 1.82) is 0 Å². The van der Waals surface area contributed by atoms with Gasteiger partial charge in [-0.1, -0.05) is 0 Å². The number of Topliss-reactive ketones (excluding diaryl/α,β-unsaturated/α-hetero) is 1. The van der Waals surface area contributed by atoms with Gasteiger partial charge in [0, 0.05) is 27.7 Å². The molecule has 89 heavy (non-hydrogen) atoms. The maximum Gasteiger partial charge on any atom is 0.344 e. The number of aliphatic carboxylic acids is 1. The van der Waals surface area contributed by atoms with Gasteiger partial charge in [-0.2, -0.15) is 0 Å². The van der Waals surface area contributed by atoms with E-state index < -0.39 is 77.5 Å². The van der Waals surface area contributed by atoms with E-state index in [9.17, 15) is 38.4 Å². The Hall–Kier alpha value is -9.87. The van der Waals surface area contributed by atoms with Gasteiger partial charge in [0.1, 0.15) is 13.0 Å². The molecule has 2 heterocycles. The van der Waals surface area contributed by atoms with Gasteiger partial charge in [0.25, 0.3) is 16.8 Å². The minimum atomic E-state index is -1.69. The van der Waals surface area contributed by atoms with Gasteiger partial charge in [0.2, 0.25) is 51.9 Å². The number of ether oxygens (including phenoxy) is 21. The maximum atomic E-state index is 12.3. The van der Waals surface area contributed by atoms with E-state index in [1.54, 1.807) is 49.4 Å². The summed E-state index contributed by atoms with van der Waals surface area (Å²) >= 11 is 5.19. The number of methoxy groups -OCH3 is 12. The highest BCUT2D eigenvalue weighted by Gasteiger charge is 2.47. The third-order valence-electron chi connectivity index (χ3n) is 10.9. The molecule has 2 aliphatic rings. The van der Waals surface area contributed by atoms with E-state index in [1.165, 1.54) is 119 Å². The van der Waals surface area contributed by atoms with Gasteiger partial charge in [0.05, 0.1) is 91.9 Å². The van der Waals surface area contributed by atoms with Crippen LogP contribution in [0.5, 0.6) is 92.0 Å². The first-order valence-corrected chi connectivity index (χ1v) is 26.2. The Morgan fingerprint density at radius 1 is 0.427 bits per heavy atom. The number of carbonyl (C=O) groups excluding carboxylic acids is 7. The monoisotopic (exact) mass is 1280 g/mol. The molecule has 1 N–H and O–H groups in total. The lowest BCUT2D eigenvalue weighted by Crippen LogP contribution is -2.50. The maximum absolute atomic E-state index is 12.3. The van der Waals surface area contributed by atoms with Crippen molar-refractivity contribution in [2.24, 2.45) is 5.92 Å². The molecule has 30 nitrogen and oxygen atoms in total. The minimum Gasteiger partial charge on any atom is -0.493 e. The van der Waals surface area contributed by atoms with E-state index in [1.807, 2.05) is 0 Å². The quantitative estimate of drug-likeness (QED) is 0.0325. The molecule has 2 aliphatic heterocycles. The molecule has 0 aliphatic carbocycles. The summed E-state index contributed by atoms with van der Waals surface area (Å²) in [5.74, 6) is -3.70. The van der Waals surface area contributed by atoms with E-state index in [4.69, 9.17) is 107 Å². The zero-order chi connectivity index (χ0) is 67.2. The lowest BCUT2D eigenvalue weighted by Gasteiger charge is -2.32. The van der Waals surface area contributed by atoms with Crippen LogP contribution in [0.25, 0.3) is 0 Å². The van der Waals surface area contributed by atoms with Gasteiger partial charge < -0.3 is 105 Å². The molecule has 0 radical (unpaired) electrons. The number of cyclic esters (lactones) is 4. The lowest BCUT2D eigenvalue weighted by atomic mass is 10.0. The molecule has 0 aromatic heterocycles. The molecule has 2 fully saturated rings. The molecule has 0 spiro atoms. The van der Waals surface area contributed by atoms with Crippen LogP contribution in [0.15, 0.2) is 48.5 Å². The highest BCUT2D eigenvalue weighted by Crippen LogP contribution is 2.47. The van der Waals surface area contributed by atoms with Crippen LogP contribution < -0.4 is 75.8 Å². The summed E-state index contributed by atoms with van der Waals surface area (Å²) in [6, 6.07) is 12.8. The molecule has 0 bridgehead atoms. The number of rotatable bonds is 26. The molecule has 0 saturated carbocycles. The summed E-state index contributed by atoms with van der Waals surface area (Å²) in [6.45, 7) is 6.41. The zero-order valence-corrected chi connectivity index (χ0v) is 52.9. The fourth-order valence-electron chi connectivity index (χ4n) is 7.34. The number of ketones is 1. The van der Waals surface area contributed by atoms with Gasteiger partial charge in [-0.25, -0.2) is 9.59 Å². The summed E-state index contributed by atoms with van der Waals surface area (Å²) in [6.07, 6.45) is -0.274. The SMILES string of the molecule is CC1(C)OC(=O)CC(=O)O1.CCOC(=O)COc1ccc(OC)c(OC)c1OC.COc1ccc(OCC(=O)C2C(=O)OC(C)(C)OC2=O)c(OC)c1OC.COc1ccc(OCC(=O)Cl)c(OC)c1OC.COc1ccc(OCC(=O)O)c(OC)c1OC. The number of carbonyl (C=O) groups is 8. The Labute approximate surface area is 517 Å². The van der Waals surface area contributed by atoms with Crippen LogP contribution in [0.4, 0.5) is 0 Å². The Balaban J connectivity index is 0.000000390. The van der Waals surface area contributed by atoms with Crippen LogP contribution in [-0.2, 0) is 62.0 Å². The Bertz CT molecular complexity index is 2930. The standard InChI is InChI=1S/C17H20O9.C13H18O6.C11H13ClO5.C11H14O6.C6H8O4/c1-17(2)25-15(19)12(16(20)26-17)9(18)8-24-11-7-6-10(21-3)13(22-4)14(11)23-5;1-5-18-11(14)8-19-10-7-6-9(15-2)12(16-3)13(10)17-4;2*1-14-7-4-5-8(17-6-9(12)13)11(16-3)10(7)15-2;1-6(2)9-4(7)3-5(8)10-6/h6-7,12H,8H2,1-5H3;6-7H,5,8H2,1-4H3;4-5H,6H2,1-3H3;4-5H,6H2,1-3H3,(H,12,13);3H2,1-2H3. The van der Waals surface area contributed by atoms with Crippen LogP contribution in [0.3, 0.4) is 0 Å². The number of hydrogen-bond donors (Lipinski definition) is 1. The van der Waals surface area contributed by atoms with E-state index in [-0.39, 0.29) is 42.6 Å². The molecule has 492 valence electrons. The largest absolute Gasteiger partial charge is 0.493 e. The van der Waals surface area contributed by atoms with Crippen molar-refractivity contribution >= 4 is 58.4 Å². The molecule has 4 aromatic carbocycles. The number of carboxylic acid groups (broad SMARTS) is 1. The van der Waals surface area contributed by atoms with Gasteiger partial charge >= 0.3 is 35.8 Å². The third kappa shape index (κ3) is 22.7. The summed E-state index contributed by atoms with van der Waals surface area (Å²) < 4.78 is 107. The Morgan fingerprint density at radius 2 is 0.697 bits per heavy atom. The molecule has 0 atom stereocenters. The molecule has 6 rings (SSSR count). The van der Waals surface area contributed by atoms with Crippen molar-refractivity contribution in [3.8, 4) is 92.0 Å². The number of halogens is 1. The summed E-state index contributed by atoms with van der Waals surface area (Å²) in [7, 11) is 17.6. The first kappa shape index (κ1) is 75.2. The van der Waals surface area contributed by atoms with E-state index >= 15 is 0 Å². The van der Waals surface area contributed by atoms with Crippen LogP contribution in [0.2, 0.25) is 0 Å². The van der Waals surface area contributed by atoms with Crippen LogP contribution >= 0.6 is 11.6 Å². The predicted molar refractivity (Wildman–Crippen MR) is 307 cm³/mol. The topological polar surface area (TPSA) is 351 Å². The van der Waals surface area contributed by atoms with Gasteiger partial charge in [0.15, 0.2) is 71.6 Å². The molecule has 2 saturated heterocycles. The smallest absolute Gasteiger partial charge is 0.344 e. The Kier molecular flexibility index (Phi) is 31.2. The number of carboxylic acids is 1. The van der Waals surface area contributed by atoms with Gasteiger partial charge in [-0.05, 0) is 67.1 Å². The number of benzene rings is 4. The van der Waals surface area contributed by atoms with Crippen molar-refractivity contribution < 1.29 is 143 Å². The molecule has 31 heteroatoms. The number of esters is 5. The van der Waals surface area contributed by atoms with Crippen molar-refractivity contribution in [2.75, 3.05) is 118 Å². The first-order valence-electron chi connectivity index (χ1n) is 25.8. The van der Waals surface area contributed by atoms with Crippen molar-refractivity contribution in [3.63, 3.8) is 0 Å². The highest BCUT2D eigenvalue weighted by atomic mass is 35.5. The predicted octanol–water partition coefficient (Wildman–Crippen LogP) is 6.01. The molecular formula is C58H73ClO30. The van der Waals surface area contributed by atoms with Crippen LogP contribution in [0.1, 0.15) is 41.0 Å². The second-order valence-corrected chi connectivity index (χ2v) is 18.1. The summed E-state index contributed by atoms with van der Waals surface area (Å²) in [5.41, 5.74) is 0. The fraction of sp³-hybridized carbons (Fsp3) is 0.448. The van der Waals surface area contributed by atoms with Crippen LogP contribution in [0, 0.1) is 5.92 Å². The normalized spacial score (nSPS) is 13.1. The van der Waals surface area contributed by atoms with Gasteiger partial charge in [-0.3, -0.25) is 28.8 Å².